The lowest BCUT2D eigenvalue weighted by Gasteiger charge is -2.46. The van der Waals surface area contributed by atoms with Crippen molar-refractivity contribution >= 4 is 18.3 Å². The van der Waals surface area contributed by atoms with Gasteiger partial charge in [0.25, 0.3) is 0 Å². The minimum atomic E-state index is -1.03. The summed E-state index contributed by atoms with van der Waals surface area (Å²) in [5.74, 6) is 0.588. The second-order valence-corrected chi connectivity index (χ2v) is 8.19. The Hall–Kier alpha value is -2.59. The summed E-state index contributed by atoms with van der Waals surface area (Å²) < 4.78 is 5.34. The molecule has 1 aliphatic rings. The molecule has 1 aliphatic heterocycles. The number of rotatable bonds is 6. The third-order valence-electron chi connectivity index (χ3n) is 5.80. The van der Waals surface area contributed by atoms with Crippen LogP contribution in [0.5, 0.6) is 5.75 Å². The van der Waals surface area contributed by atoms with Gasteiger partial charge >= 0.3 is 0 Å². The molecule has 0 aromatic heterocycles. The van der Waals surface area contributed by atoms with Crippen molar-refractivity contribution in [2.24, 2.45) is 5.92 Å². The second kappa shape index (κ2) is 10.6. The number of ether oxygens (including phenoxy) is 1. The van der Waals surface area contributed by atoms with Crippen molar-refractivity contribution in [1.29, 1.82) is 5.26 Å². The summed E-state index contributed by atoms with van der Waals surface area (Å²) >= 11 is 0. The average Bonchev–Trinajstić information content (AvgIpc) is 2.75. The monoisotopic (exact) mass is 443 g/mol. The lowest BCUT2D eigenvalue weighted by atomic mass is 9.75. The van der Waals surface area contributed by atoms with Crippen LogP contribution in [-0.4, -0.2) is 61.7 Å². The van der Waals surface area contributed by atoms with E-state index < -0.39 is 5.60 Å². The zero-order valence-corrected chi connectivity index (χ0v) is 19.1. The molecule has 6 nitrogen and oxygen atoms in total. The van der Waals surface area contributed by atoms with Gasteiger partial charge in [-0.15, -0.1) is 12.4 Å². The number of carbonyl (C=O) groups is 1. The maximum absolute atomic E-state index is 13.0. The minimum absolute atomic E-state index is 0. The zero-order valence-electron chi connectivity index (χ0n) is 18.2. The first-order chi connectivity index (χ1) is 14.4. The molecule has 0 aliphatic carbocycles. The zero-order chi connectivity index (χ0) is 21.7. The van der Waals surface area contributed by atoms with E-state index in [1.807, 2.05) is 54.2 Å². The first-order valence-corrected chi connectivity index (χ1v) is 10.1. The smallest absolute Gasteiger partial charge is 0.227 e. The van der Waals surface area contributed by atoms with Gasteiger partial charge in [-0.25, -0.2) is 0 Å². The Balaban J connectivity index is 0.00000341. The van der Waals surface area contributed by atoms with Crippen LogP contribution >= 0.6 is 12.4 Å². The molecular weight excluding hydrogens is 414 g/mol. The van der Waals surface area contributed by atoms with Crippen LogP contribution in [0.2, 0.25) is 0 Å². The molecule has 1 fully saturated rings. The molecule has 0 saturated carbocycles. The van der Waals surface area contributed by atoms with Gasteiger partial charge in [-0.1, -0.05) is 24.3 Å². The van der Waals surface area contributed by atoms with E-state index in [4.69, 9.17) is 10.00 Å². The molecule has 2 atom stereocenters. The summed E-state index contributed by atoms with van der Waals surface area (Å²) in [5.41, 5.74) is 1.17. The SMILES string of the molecule is COc1cccc(C2(O)CCN(C(=O)Cc3cccc(C#N)c3)CC2CN(C)C)c1.Cl. The van der Waals surface area contributed by atoms with Gasteiger partial charge in [0.15, 0.2) is 0 Å². The summed E-state index contributed by atoms with van der Waals surface area (Å²) in [4.78, 5) is 16.9. The van der Waals surface area contributed by atoms with E-state index in [0.717, 1.165) is 11.1 Å². The number of nitriles is 1. The Bertz CT molecular complexity index is 944. The van der Waals surface area contributed by atoms with Crippen LogP contribution in [0.4, 0.5) is 0 Å². The van der Waals surface area contributed by atoms with Crippen LogP contribution < -0.4 is 4.74 Å². The molecule has 31 heavy (non-hydrogen) atoms. The molecule has 0 spiro atoms. The van der Waals surface area contributed by atoms with Gasteiger partial charge in [-0.2, -0.15) is 5.26 Å². The number of likely N-dealkylation sites (tertiary alicyclic amines) is 1. The first kappa shape index (κ1) is 24.7. The van der Waals surface area contributed by atoms with E-state index in [9.17, 15) is 9.90 Å². The van der Waals surface area contributed by atoms with Gasteiger partial charge in [0.1, 0.15) is 5.75 Å². The molecule has 0 radical (unpaired) electrons. The van der Waals surface area contributed by atoms with Crippen molar-refractivity contribution < 1.29 is 14.6 Å². The lowest BCUT2D eigenvalue weighted by molar-refractivity contribution is -0.141. The van der Waals surface area contributed by atoms with E-state index in [2.05, 4.69) is 6.07 Å². The maximum Gasteiger partial charge on any atom is 0.227 e. The molecule has 0 bridgehead atoms. The van der Waals surface area contributed by atoms with Crippen molar-refractivity contribution in [2.45, 2.75) is 18.4 Å². The molecule has 7 heteroatoms. The van der Waals surface area contributed by atoms with Crippen LogP contribution in [0.3, 0.4) is 0 Å². The molecule has 3 rings (SSSR count). The predicted molar refractivity (Wildman–Crippen MR) is 122 cm³/mol. The van der Waals surface area contributed by atoms with E-state index in [1.165, 1.54) is 0 Å². The molecule has 2 aromatic rings. The van der Waals surface area contributed by atoms with Crippen LogP contribution in [0.1, 0.15) is 23.1 Å². The number of carbonyl (C=O) groups excluding carboxylic acids is 1. The van der Waals surface area contributed by atoms with Crippen molar-refractivity contribution in [3.05, 3.63) is 65.2 Å². The van der Waals surface area contributed by atoms with Crippen molar-refractivity contribution in [3.8, 4) is 11.8 Å². The summed E-state index contributed by atoms with van der Waals surface area (Å²) in [6.07, 6.45) is 0.713. The Labute approximate surface area is 190 Å². The van der Waals surface area contributed by atoms with Gasteiger partial charge in [0.05, 0.1) is 30.8 Å². The highest BCUT2D eigenvalue weighted by Gasteiger charge is 2.44. The van der Waals surface area contributed by atoms with Crippen molar-refractivity contribution in [2.75, 3.05) is 40.8 Å². The molecule has 1 N–H and O–H groups in total. The number of aliphatic hydroxyl groups is 1. The number of halogens is 1. The fraction of sp³-hybridized carbons (Fsp3) is 0.417. The molecule has 2 aromatic carbocycles. The molecule has 166 valence electrons. The van der Waals surface area contributed by atoms with Gasteiger partial charge < -0.3 is 19.6 Å². The van der Waals surface area contributed by atoms with E-state index in [0.29, 0.717) is 37.4 Å². The van der Waals surface area contributed by atoms with Gasteiger partial charge in [-0.3, -0.25) is 4.79 Å². The molecular formula is C24H30ClN3O3. The third kappa shape index (κ3) is 5.76. The van der Waals surface area contributed by atoms with E-state index >= 15 is 0 Å². The summed E-state index contributed by atoms with van der Waals surface area (Å²) in [6.45, 7) is 1.61. The highest BCUT2D eigenvalue weighted by Crippen LogP contribution is 2.39. The Morgan fingerprint density at radius 2 is 2.03 bits per heavy atom. The number of piperidine rings is 1. The summed E-state index contributed by atoms with van der Waals surface area (Å²) in [7, 11) is 5.56. The highest BCUT2D eigenvalue weighted by molar-refractivity contribution is 5.85. The standard InChI is InChI=1S/C24H29N3O3.ClH/c1-26(2)16-21-17-27(23(28)13-18-6-4-7-19(12-18)15-25)11-10-24(21,29)20-8-5-9-22(14-20)30-3;/h4-9,12,14,21,29H,10-11,13,16-17H2,1-3H3;1H. The number of hydrogen-bond acceptors (Lipinski definition) is 5. The number of benzene rings is 2. The first-order valence-electron chi connectivity index (χ1n) is 10.1. The largest absolute Gasteiger partial charge is 0.497 e. The lowest BCUT2D eigenvalue weighted by Crippen LogP contribution is -2.54. The molecule has 1 heterocycles. The Kier molecular flexibility index (Phi) is 8.46. The van der Waals surface area contributed by atoms with Gasteiger partial charge in [0.2, 0.25) is 5.91 Å². The predicted octanol–water partition coefficient (Wildman–Crippen LogP) is 2.83. The van der Waals surface area contributed by atoms with Crippen molar-refractivity contribution in [3.63, 3.8) is 0 Å². The molecule has 2 unspecified atom stereocenters. The van der Waals surface area contributed by atoms with Crippen LogP contribution in [-0.2, 0) is 16.8 Å². The van der Waals surface area contributed by atoms with Gasteiger partial charge in [-0.05, 0) is 55.9 Å². The number of hydrogen-bond donors (Lipinski definition) is 1. The number of methoxy groups -OCH3 is 1. The number of nitrogens with zero attached hydrogens (tertiary/aromatic N) is 3. The second-order valence-electron chi connectivity index (χ2n) is 8.19. The highest BCUT2D eigenvalue weighted by atomic mass is 35.5. The summed E-state index contributed by atoms with van der Waals surface area (Å²) in [6, 6.07) is 16.8. The maximum atomic E-state index is 13.0. The fourth-order valence-electron chi connectivity index (χ4n) is 4.20. The fourth-order valence-corrected chi connectivity index (χ4v) is 4.20. The topological polar surface area (TPSA) is 76.8 Å². The Morgan fingerprint density at radius 3 is 2.71 bits per heavy atom. The average molecular weight is 444 g/mol. The Morgan fingerprint density at radius 1 is 1.29 bits per heavy atom. The number of amides is 1. The molecule has 1 amide bonds. The molecule has 1 saturated heterocycles. The normalized spacial score (nSPS) is 20.6. The third-order valence-corrected chi connectivity index (χ3v) is 5.80. The van der Waals surface area contributed by atoms with Crippen LogP contribution in [0.15, 0.2) is 48.5 Å². The quantitative estimate of drug-likeness (QED) is 0.742. The minimum Gasteiger partial charge on any atom is -0.497 e. The van der Waals surface area contributed by atoms with E-state index in [-0.39, 0.29) is 30.7 Å². The van der Waals surface area contributed by atoms with Gasteiger partial charge in [0, 0.05) is 25.6 Å². The van der Waals surface area contributed by atoms with E-state index in [1.54, 1.807) is 25.3 Å². The van der Waals surface area contributed by atoms with Crippen LogP contribution in [0.25, 0.3) is 0 Å². The van der Waals surface area contributed by atoms with Crippen LogP contribution in [0, 0.1) is 17.2 Å². The van der Waals surface area contributed by atoms with Crippen molar-refractivity contribution in [1.82, 2.24) is 9.80 Å². The summed E-state index contributed by atoms with van der Waals surface area (Å²) in [5, 5.41) is 20.8.